The lowest BCUT2D eigenvalue weighted by molar-refractivity contribution is 0.281. The van der Waals surface area contributed by atoms with Crippen LogP contribution in [0, 0.1) is 23.6 Å². The van der Waals surface area contributed by atoms with Gasteiger partial charge in [-0.05, 0) is 66.0 Å². The van der Waals surface area contributed by atoms with Crippen LogP contribution in [-0.2, 0) is 0 Å². The predicted octanol–water partition coefficient (Wildman–Crippen LogP) is 3.63. The molecular formula is C22H28FN7O2. The molecule has 0 amide bonds. The van der Waals surface area contributed by atoms with Crippen molar-refractivity contribution < 1.29 is 13.7 Å². The number of piperidine rings is 1. The van der Waals surface area contributed by atoms with Crippen LogP contribution in [0.25, 0.3) is 5.69 Å². The van der Waals surface area contributed by atoms with Gasteiger partial charge in [-0.15, -0.1) is 5.10 Å². The van der Waals surface area contributed by atoms with Crippen LogP contribution in [0.3, 0.4) is 0 Å². The highest BCUT2D eigenvalue weighted by Gasteiger charge is 2.43. The first-order chi connectivity index (χ1) is 15.6. The van der Waals surface area contributed by atoms with Crippen molar-refractivity contribution in [2.24, 2.45) is 17.8 Å². The third-order valence-corrected chi connectivity index (χ3v) is 6.61. The quantitative estimate of drug-likeness (QED) is 0.523. The summed E-state index contributed by atoms with van der Waals surface area (Å²) in [5.41, 5.74) is 0.303. The van der Waals surface area contributed by atoms with E-state index in [1.54, 1.807) is 12.1 Å². The Morgan fingerprint density at radius 1 is 1.25 bits per heavy atom. The Morgan fingerprint density at radius 2 is 2.09 bits per heavy atom. The van der Waals surface area contributed by atoms with Crippen LogP contribution in [0.2, 0.25) is 0 Å². The van der Waals surface area contributed by atoms with Gasteiger partial charge in [-0.3, -0.25) is 0 Å². The fourth-order valence-corrected chi connectivity index (χ4v) is 4.65. The molecule has 2 atom stereocenters. The summed E-state index contributed by atoms with van der Waals surface area (Å²) in [5, 5.41) is 14.9. The van der Waals surface area contributed by atoms with Crippen molar-refractivity contribution in [3.05, 3.63) is 36.2 Å². The number of aromatic nitrogens is 6. The molecular weight excluding hydrogens is 413 g/mol. The zero-order chi connectivity index (χ0) is 22.1. The molecule has 10 heteroatoms. The Labute approximate surface area is 185 Å². The molecule has 0 N–H and O–H groups in total. The minimum absolute atomic E-state index is 0.278. The maximum Gasteiger partial charge on any atom is 0.324 e. The lowest BCUT2D eigenvalue weighted by Gasteiger charge is -2.30. The van der Waals surface area contributed by atoms with Crippen LogP contribution in [0.1, 0.15) is 51.3 Å². The fourth-order valence-electron chi connectivity index (χ4n) is 4.65. The summed E-state index contributed by atoms with van der Waals surface area (Å²) >= 11 is 0. The van der Waals surface area contributed by atoms with E-state index in [0.29, 0.717) is 30.0 Å². The van der Waals surface area contributed by atoms with Crippen molar-refractivity contribution in [3.8, 4) is 11.4 Å². The van der Waals surface area contributed by atoms with Gasteiger partial charge in [0.1, 0.15) is 17.8 Å². The van der Waals surface area contributed by atoms with E-state index in [1.165, 1.54) is 23.5 Å². The summed E-state index contributed by atoms with van der Waals surface area (Å²) in [6.45, 7) is 6.68. The maximum atomic E-state index is 14.3. The van der Waals surface area contributed by atoms with E-state index in [-0.39, 0.29) is 5.92 Å². The van der Waals surface area contributed by atoms with Gasteiger partial charge in [-0.1, -0.05) is 19.0 Å². The van der Waals surface area contributed by atoms with Crippen LogP contribution in [0.4, 0.5) is 10.4 Å². The highest BCUT2D eigenvalue weighted by molar-refractivity contribution is 5.38. The number of halogens is 1. The number of benzene rings is 1. The Hall–Kier alpha value is -3.04. The van der Waals surface area contributed by atoms with E-state index in [2.05, 4.69) is 44.4 Å². The lowest BCUT2D eigenvalue weighted by atomic mass is 9.90. The zero-order valence-electron chi connectivity index (χ0n) is 18.4. The van der Waals surface area contributed by atoms with Gasteiger partial charge in [0.05, 0.1) is 6.61 Å². The number of ether oxygens (including phenoxy) is 1. The molecule has 32 heavy (non-hydrogen) atoms. The molecule has 5 rings (SSSR count). The van der Waals surface area contributed by atoms with Crippen LogP contribution in [-0.4, -0.2) is 50.0 Å². The number of tetrazole rings is 1. The minimum atomic E-state index is -0.410. The third kappa shape index (κ3) is 4.44. The number of hydrogen-bond donors (Lipinski definition) is 0. The lowest BCUT2D eigenvalue weighted by Crippen LogP contribution is -2.34. The van der Waals surface area contributed by atoms with E-state index in [1.807, 2.05) is 0 Å². The van der Waals surface area contributed by atoms with Crippen molar-refractivity contribution in [2.75, 3.05) is 24.6 Å². The predicted molar refractivity (Wildman–Crippen MR) is 114 cm³/mol. The number of hydrogen-bond acceptors (Lipinski definition) is 8. The zero-order valence-corrected chi connectivity index (χ0v) is 18.4. The van der Waals surface area contributed by atoms with Gasteiger partial charge in [-0.2, -0.15) is 9.67 Å². The smallest absolute Gasteiger partial charge is 0.324 e. The number of anilines is 1. The van der Waals surface area contributed by atoms with E-state index in [4.69, 9.17) is 9.26 Å². The normalized spacial score (nSPS) is 21.3. The molecule has 1 saturated heterocycles. The molecule has 170 valence electrons. The van der Waals surface area contributed by atoms with Gasteiger partial charge < -0.3 is 14.2 Å². The SMILES string of the molecule is CC(C)c1noc(N2CCC([C@H]3C[C@@H]3CCOc3ccc(-n4cnnn4)c(F)c3)CC2)n1. The monoisotopic (exact) mass is 441 g/mol. The molecule has 0 radical (unpaired) electrons. The highest BCUT2D eigenvalue weighted by Crippen LogP contribution is 2.50. The highest BCUT2D eigenvalue weighted by atomic mass is 19.1. The fraction of sp³-hybridized carbons (Fsp3) is 0.591. The topological polar surface area (TPSA) is 95.0 Å². The van der Waals surface area contributed by atoms with Gasteiger partial charge in [0.25, 0.3) is 0 Å². The van der Waals surface area contributed by atoms with Gasteiger partial charge in [0.2, 0.25) is 0 Å². The summed E-state index contributed by atoms with van der Waals surface area (Å²) in [5.74, 6) is 3.39. The average Bonchev–Trinajstić information content (AvgIpc) is 3.18. The van der Waals surface area contributed by atoms with Crippen molar-refractivity contribution >= 4 is 6.01 Å². The molecule has 3 heterocycles. The number of nitrogens with zero attached hydrogens (tertiary/aromatic N) is 7. The molecule has 2 aliphatic rings. The molecule has 2 fully saturated rings. The van der Waals surface area contributed by atoms with Crippen molar-refractivity contribution in [1.29, 1.82) is 0 Å². The van der Waals surface area contributed by atoms with Crippen LogP contribution >= 0.6 is 0 Å². The summed E-state index contributed by atoms with van der Waals surface area (Å²) in [4.78, 5) is 6.73. The average molecular weight is 442 g/mol. The molecule has 0 spiro atoms. The Bertz CT molecular complexity index is 1030. The molecule has 0 bridgehead atoms. The first-order valence-corrected chi connectivity index (χ1v) is 11.3. The van der Waals surface area contributed by atoms with E-state index in [9.17, 15) is 4.39 Å². The van der Waals surface area contributed by atoms with Crippen LogP contribution in [0.5, 0.6) is 5.75 Å². The molecule has 1 aromatic carbocycles. The molecule has 1 aliphatic heterocycles. The van der Waals surface area contributed by atoms with Crippen molar-refractivity contribution in [3.63, 3.8) is 0 Å². The van der Waals surface area contributed by atoms with Gasteiger partial charge in [-0.25, -0.2) is 4.39 Å². The molecule has 1 saturated carbocycles. The maximum absolute atomic E-state index is 14.3. The first kappa shape index (κ1) is 20.8. The van der Waals surface area contributed by atoms with Crippen molar-refractivity contribution in [2.45, 2.75) is 45.4 Å². The van der Waals surface area contributed by atoms with Crippen LogP contribution in [0.15, 0.2) is 29.0 Å². The molecule has 0 unspecified atom stereocenters. The Balaban J connectivity index is 1.05. The molecule has 3 aromatic rings. The van der Waals surface area contributed by atoms with E-state index in [0.717, 1.165) is 50.0 Å². The Kier molecular flexibility index (Phi) is 5.75. The van der Waals surface area contributed by atoms with Crippen LogP contribution < -0.4 is 9.64 Å². The number of rotatable bonds is 8. The summed E-state index contributed by atoms with van der Waals surface area (Å²) in [6, 6.07) is 5.43. The van der Waals surface area contributed by atoms with Gasteiger partial charge >= 0.3 is 6.01 Å². The summed E-state index contributed by atoms with van der Waals surface area (Å²) in [7, 11) is 0. The van der Waals surface area contributed by atoms with E-state index >= 15 is 0 Å². The van der Waals surface area contributed by atoms with Crippen molar-refractivity contribution in [1.82, 2.24) is 30.3 Å². The standard InChI is InChI=1S/C22H28FN7O2/c1-14(2)21-25-22(32-26-21)29-8-5-15(6-9-29)18-11-16(18)7-10-31-17-3-4-20(19(23)12-17)30-13-24-27-28-30/h3-4,12-16,18H,5-11H2,1-2H3/t16-,18+/m0/s1. The minimum Gasteiger partial charge on any atom is -0.493 e. The molecule has 9 nitrogen and oxygen atoms in total. The Morgan fingerprint density at radius 3 is 2.78 bits per heavy atom. The summed E-state index contributed by atoms with van der Waals surface area (Å²) < 4.78 is 26.8. The second kappa shape index (κ2) is 8.84. The molecule has 1 aliphatic carbocycles. The largest absolute Gasteiger partial charge is 0.493 e. The first-order valence-electron chi connectivity index (χ1n) is 11.3. The van der Waals surface area contributed by atoms with Gasteiger partial charge in [0.15, 0.2) is 11.6 Å². The molecule has 2 aromatic heterocycles. The summed E-state index contributed by atoms with van der Waals surface area (Å²) in [6.07, 6.45) is 5.94. The van der Waals surface area contributed by atoms with Gasteiger partial charge in [0, 0.05) is 25.1 Å². The third-order valence-electron chi connectivity index (χ3n) is 6.61. The second-order valence-corrected chi connectivity index (χ2v) is 9.08. The second-order valence-electron chi connectivity index (χ2n) is 9.08. The van der Waals surface area contributed by atoms with E-state index < -0.39 is 5.82 Å².